The Morgan fingerprint density at radius 1 is 1.11 bits per heavy atom. The molecule has 2 aromatic rings. The standard InChI is InChI=1S/C16H21NS/c1-3-15(11-14-7-5-4-6-8-14)17-12-16-10-9-13(2)18-16/h4-10,15,17H,3,11-12H2,1-2H3. The van der Waals surface area contributed by atoms with Crippen molar-refractivity contribution in [2.75, 3.05) is 0 Å². The lowest BCUT2D eigenvalue weighted by Gasteiger charge is -2.16. The predicted octanol–water partition coefficient (Wildman–Crippen LogP) is 4.17. The Hall–Kier alpha value is -1.12. The maximum Gasteiger partial charge on any atom is 0.0302 e. The number of nitrogens with one attached hydrogen (secondary N) is 1. The quantitative estimate of drug-likeness (QED) is 0.821. The smallest absolute Gasteiger partial charge is 0.0302 e. The minimum atomic E-state index is 0.565. The summed E-state index contributed by atoms with van der Waals surface area (Å²) in [7, 11) is 0. The fourth-order valence-corrected chi connectivity index (χ4v) is 2.93. The third-order valence-electron chi connectivity index (χ3n) is 3.18. The van der Waals surface area contributed by atoms with Crippen LogP contribution in [-0.4, -0.2) is 6.04 Å². The van der Waals surface area contributed by atoms with Crippen molar-refractivity contribution in [2.45, 2.75) is 39.3 Å². The van der Waals surface area contributed by atoms with Crippen molar-refractivity contribution in [2.24, 2.45) is 0 Å². The van der Waals surface area contributed by atoms with Gasteiger partial charge in [-0.25, -0.2) is 0 Å². The molecule has 0 radical (unpaired) electrons. The van der Waals surface area contributed by atoms with Crippen LogP contribution in [0.1, 0.15) is 28.7 Å². The molecule has 0 aliphatic carbocycles. The van der Waals surface area contributed by atoms with Crippen LogP contribution in [0.2, 0.25) is 0 Å². The molecule has 0 amide bonds. The Kier molecular flexibility index (Phi) is 4.97. The molecular weight excluding hydrogens is 238 g/mol. The molecule has 0 aliphatic heterocycles. The van der Waals surface area contributed by atoms with Gasteiger partial charge in [0.05, 0.1) is 0 Å². The molecule has 18 heavy (non-hydrogen) atoms. The van der Waals surface area contributed by atoms with Crippen molar-refractivity contribution in [3.05, 3.63) is 57.8 Å². The Labute approximate surface area is 114 Å². The van der Waals surface area contributed by atoms with E-state index in [2.05, 4.69) is 61.6 Å². The van der Waals surface area contributed by atoms with E-state index >= 15 is 0 Å². The number of hydrogen-bond acceptors (Lipinski definition) is 2. The van der Waals surface area contributed by atoms with Crippen molar-refractivity contribution in [1.82, 2.24) is 5.32 Å². The summed E-state index contributed by atoms with van der Waals surface area (Å²) in [6.07, 6.45) is 2.28. The summed E-state index contributed by atoms with van der Waals surface area (Å²) in [5.41, 5.74) is 1.42. The van der Waals surface area contributed by atoms with Gasteiger partial charge in [0.1, 0.15) is 0 Å². The van der Waals surface area contributed by atoms with E-state index in [1.807, 2.05) is 11.3 Å². The van der Waals surface area contributed by atoms with Crippen LogP contribution in [0.3, 0.4) is 0 Å². The van der Waals surface area contributed by atoms with E-state index in [9.17, 15) is 0 Å². The highest BCUT2D eigenvalue weighted by atomic mass is 32.1. The minimum absolute atomic E-state index is 0.565. The van der Waals surface area contributed by atoms with Gasteiger partial charge in [0.25, 0.3) is 0 Å². The lowest BCUT2D eigenvalue weighted by atomic mass is 10.0. The van der Waals surface area contributed by atoms with E-state index < -0.39 is 0 Å². The highest BCUT2D eigenvalue weighted by Gasteiger charge is 2.07. The second-order valence-electron chi connectivity index (χ2n) is 4.69. The third kappa shape index (κ3) is 3.97. The van der Waals surface area contributed by atoms with Gasteiger partial charge in [0, 0.05) is 22.3 Å². The van der Waals surface area contributed by atoms with Gasteiger partial charge in [-0.15, -0.1) is 11.3 Å². The summed E-state index contributed by atoms with van der Waals surface area (Å²) >= 11 is 1.88. The van der Waals surface area contributed by atoms with Crippen LogP contribution in [0.4, 0.5) is 0 Å². The van der Waals surface area contributed by atoms with Crippen LogP contribution in [-0.2, 0) is 13.0 Å². The highest BCUT2D eigenvalue weighted by Crippen LogP contribution is 2.15. The maximum absolute atomic E-state index is 3.66. The van der Waals surface area contributed by atoms with E-state index in [4.69, 9.17) is 0 Å². The first-order valence-electron chi connectivity index (χ1n) is 6.60. The molecule has 1 nitrogen and oxygen atoms in total. The summed E-state index contributed by atoms with van der Waals surface area (Å²) in [5.74, 6) is 0. The molecule has 0 bridgehead atoms. The second kappa shape index (κ2) is 6.72. The van der Waals surface area contributed by atoms with Crippen LogP contribution in [0.15, 0.2) is 42.5 Å². The molecule has 0 spiro atoms. The summed E-state index contributed by atoms with van der Waals surface area (Å²) in [6.45, 7) is 5.40. The van der Waals surface area contributed by atoms with Crippen LogP contribution in [0, 0.1) is 6.92 Å². The number of thiophene rings is 1. The molecule has 0 aliphatic rings. The van der Waals surface area contributed by atoms with Gasteiger partial charge in [-0.3, -0.25) is 0 Å². The van der Waals surface area contributed by atoms with Gasteiger partial charge in [-0.1, -0.05) is 37.3 Å². The topological polar surface area (TPSA) is 12.0 Å². The first-order valence-corrected chi connectivity index (χ1v) is 7.42. The maximum atomic E-state index is 3.66. The third-order valence-corrected chi connectivity index (χ3v) is 4.18. The second-order valence-corrected chi connectivity index (χ2v) is 6.06. The molecule has 0 saturated carbocycles. The normalized spacial score (nSPS) is 12.6. The van der Waals surface area contributed by atoms with Crippen LogP contribution >= 0.6 is 11.3 Å². The number of rotatable bonds is 6. The first-order chi connectivity index (χ1) is 8.78. The molecule has 1 aromatic heterocycles. The zero-order valence-corrected chi connectivity index (χ0v) is 12.0. The van der Waals surface area contributed by atoms with Crippen molar-refractivity contribution < 1.29 is 0 Å². The fourth-order valence-electron chi connectivity index (χ4n) is 2.08. The fraction of sp³-hybridized carbons (Fsp3) is 0.375. The number of hydrogen-bond donors (Lipinski definition) is 1. The molecule has 0 saturated heterocycles. The van der Waals surface area contributed by atoms with Crippen LogP contribution < -0.4 is 5.32 Å². The van der Waals surface area contributed by atoms with E-state index in [1.165, 1.54) is 21.7 Å². The Balaban J connectivity index is 1.86. The summed E-state index contributed by atoms with van der Waals surface area (Å²) in [6, 6.07) is 15.7. The van der Waals surface area contributed by atoms with Crippen molar-refractivity contribution in [1.29, 1.82) is 0 Å². The SMILES string of the molecule is CCC(Cc1ccccc1)NCc1ccc(C)s1. The number of benzene rings is 1. The van der Waals surface area contributed by atoms with Gasteiger partial charge in [-0.2, -0.15) is 0 Å². The summed E-state index contributed by atoms with van der Waals surface area (Å²) in [5, 5.41) is 3.66. The predicted molar refractivity (Wildman–Crippen MR) is 80.1 cm³/mol. The minimum Gasteiger partial charge on any atom is -0.309 e. The summed E-state index contributed by atoms with van der Waals surface area (Å²) in [4.78, 5) is 2.82. The van der Waals surface area contributed by atoms with E-state index in [-0.39, 0.29) is 0 Å². The molecule has 1 atom stereocenters. The van der Waals surface area contributed by atoms with Crippen LogP contribution in [0.25, 0.3) is 0 Å². The number of aryl methyl sites for hydroxylation is 1. The molecule has 96 valence electrons. The van der Waals surface area contributed by atoms with Gasteiger partial charge in [0.15, 0.2) is 0 Å². The average Bonchev–Trinajstić information content (AvgIpc) is 2.81. The van der Waals surface area contributed by atoms with Gasteiger partial charge in [0.2, 0.25) is 0 Å². The van der Waals surface area contributed by atoms with Crippen molar-refractivity contribution in [3.63, 3.8) is 0 Å². The van der Waals surface area contributed by atoms with Crippen LogP contribution in [0.5, 0.6) is 0 Å². The Morgan fingerprint density at radius 2 is 1.89 bits per heavy atom. The van der Waals surface area contributed by atoms with Gasteiger partial charge in [-0.05, 0) is 37.5 Å². The molecule has 1 unspecified atom stereocenters. The Morgan fingerprint density at radius 3 is 2.50 bits per heavy atom. The molecule has 1 N–H and O–H groups in total. The van der Waals surface area contributed by atoms with E-state index in [0.717, 1.165) is 13.0 Å². The summed E-state index contributed by atoms with van der Waals surface area (Å²) < 4.78 is 0. The van der Waals surface area contributed by atoms with E-state index in [0.29, 0.717) is 6.04 Å². The molecule has 2 heteroatoms. The lowest BCUT2D eigenvalue weighted by molar-refractivity contribution is 0.497. The van der Waals surface area contributed by atoms with Gasteiger partial charge >= 0.3 is 0 Å². The average molecular weight is 259 g/mol. The molecular formula is C16H21NS. The molecule has 1 aromatic carbocycles. The molecule has 2 rings (SSSR count). The molecule has 0 fully saturated rings. The molecule has 1 heterocycles. The zero-order chi connectivity index (χ0) is 12.8. The van der Waals surface area contributed by atoms with Gasteiger partial charge < -0.3 is 5.32 Å². The monoisotopic (exact) mass is 259 g/mol. The van der Waals surface area contributed by atoms with E-state index in [1.54, 1.807) is 0 Å². The lowest BCUT2D eigenvalue weighted by Crippen LogP contribution is -2.29. The zero-order valence-electron chi connectivity index (χ0n) is 11.1. The van der Waals surface area contributed by atoms with Crippen molar-refractivity contribution in [3.8, 4) is 0 Å². The largest absolute Gasteiger partial charge is 0.309 e. The Bertz CT molecular complexity index is 461. The highest BCUT2D eigenvalue weighted by molar-refractivity contribution is 7.11. The van der Waals surface area contributed by atoms with Crippen molar-refractivity contribution >= 4 is 11.3 Å². The first kappa shape index (κ1) is 13.3.